The van der Waals surface area contributed by atoms with Gasteiger partial charge in [-0.25, -0.2) is 0 Å². The predicted molar refractivity (Wildman–Crippen MR) is 83.1 cm³/mol. The van der Waals surface area contributed by atoms with Crippen LogP contribution in [0, 0.1) is 0 Å². The van der Waals surface area contributed by atoms with E-state index in [0.717, 1.165) is 16.9 Å². The highest BCUT2D eigenvalue weighted by atomic mass is 35.5. The summed E-state index contributed by atoms with van der Waals surface area (Å²) in [5.74, 6) is 2.13. The van der Waals surface area contributed by atoms with Crippen molar-refractivity contribution in [2.24, 2.45) is 0 Å². The molecule has 110 valence electrons. The minimum atomic E-state index is -0.362. The highest BCUT2D eigenvalue weighted by Crippen LogP contribution is 2.41. The summed E-state index contributed by atoms with van der Waals surface area (Å²) in [6, 6.07) is 11.2. The highest BCUT2D eigenvalue weighted by molar-refractivity contribution is 6.33. The second-order valence-electron chi connectivity index (χ2n) is 4.65. The summed E-state index contributed by atoms with van der Waals surface area (Å²) < 4.78 is 16.2. The minimum absolute atomic E-state index is 0.362. The zero-order valence-electron chi connectivity index (χ0n) is 11.4. The van der Waals surface area contributed by atoms with Crippen molar-refractivity contribution < 1.29 is 14.2 Å². The number of fused-ring (bicyclic) bond motifs is 1. The molecule has 3 nitrogen and oxygen atoms in total. The molecule has 5 heteroatoms. The van der Waals surface area contributed by atoms with Gasteiger partial charge in [0.1, 0.15) is 19.0 Å². The van der Waals surface area contributed by atoms with Crippen molar-refractivity contribution >= 4 is 23.2 Å². The summed E-state index contributed by atoms with van der Waals surface area (Å²) in [6.07, 6.45) is 0. The van der Waals surface area contributed by atoms with E-state index >= 15 is 0 Å². The van der Waals surface area contributed by atoms with E-state index < -0.39 is 0 Å². The Morgan fingerprint density at radius 2 is 1.67 bits per heavy atom. The van der Waals surface area contributed by atoms with Crippen LogP contribution in [0.25, 0.3) is 0 Å². The van der Waals surface area contributed by atoms with Gasteiger partial charge in [-0.05, 0) is 29.3 Å². The van der Waals surface area contributed by atoms with E-state index in [1.807, 2.05) is 30.3 Å². The van der Waals surface area contributed by atoms with Crippen LogP contribution in [0.15, 0.2) is 36.4 Å². The van der Waals surface area contributed by atoms with Gasteiger partial charge in [0.15, 0.2) is 11.5 Å². The summed E-state index contributed by atoms with van der Waals surface area (Å²) in [7, 11) is 1.63. The van der Waals surface area contributed by atoms with E-state index in [2.05, 4.69) is 0 Å². The van der Waals surface area contributed by atoms with E-state index in [1.165, 1.54) is 0 Å². The summed E-state index contributed by atoms with van der Waals surface area (Å²) in [5.41, 5.74) is 1.74. The Balaban J connectivity index is 1.94. The van der Waals surface area contributed by atoms with Gasteiger partial charge < -0.3 is 14.2 Å². The number of ether oxygens (including phenoxy) is 3. The van der Waals surface area contributed by atoms with Crippen LogP contribution in [-0.2, 0) is 0 Å². The molecule has 0 radical (unpaired) electrons. The number of rotatable bonds is 3. The lowest BCUT2D eigenvalue weighted by atomic mass is 10.0. The summed E-state index contributed by atoms with van der Waals surface area (Å²) in [4.78, 5) is 0. The lowest BCUT2D eigenvalue weighted by Gasteiger charge is -2.21. The third kappa shape index (κ3) is 2.89. The number of alkyl halides is 1. The molecule has 0 N–H and O–H groups in total. The Labute approximate surface area is 133 Å². The minimum Gasteiger partial charge on any atom is -0.497 e. The fourth-order valence-corrected chi connectivity index (χ4v) is 2.87. The van der Waals surface area contributed by atoms with Gasteiger partial charge in [0.2, 0.25) is 0 Å². The topological polar surface area (TPSA) is 27.7 Å². The average Bonchev–Trinajstić information content (AvgIpc) is 2.53. The molecule has 21 heavy (non-hydrogen) atoms. The lowest BCUT2D eigenvalue weighted by molar-refractivity contribution is 0.171. The molecular weight excluding hydrogens is 311 g/mol. The first-order valence-electron chi connectivity index (χ1n) is 6.56. The largest absolute Gasteiger partial charge is 0.497 e. The average molecular weight is 325 g/mol. The maximum absolute atomic E-state index is 6.55. The van der Waals surface area contributed by atoms with E-state index in [-0.39, 0.29) is 5.38 Å². The van der Waals surface area contributed by atoms with Gasteiger partial charge in [0, 0.05) is 11.1 Å². The monoisotopic (exact) mass is 324 g/mol. The Morgan fingerprint density at radius 1 is 1.05 bits per heavy atom. The van der Waals surface area contributed by atoms with Crippen LogP contribution >= 0.6 is 23.2 Å². The fraction of sp³-hybridized carbons (Fsp3) is 0.250. The molecule has 2 aromatic rings. The van der Waals surface area contributed by atoms with Gasteiger partial charge in [-0.3, -0.25) is 0 Å². The normalized spacial score (nSPS) is 14.6. The Bertz CT molecular complexity index is 641. The molecule has 0 saturated carbocycles. The van der Waals surface area contributed by atoms with Crippen LogP contribution in [-0.4, -0.2) is 20.3 Å². The number of hydrogen-bond donors (Lipinski definition) is 0. The quantitative estimate of drug-likeness (QED) is 0.781. The van der Waals surface area contributed by atoms with Gasteiger partial charge in [-0.1, -0.05) is 23.7 Å². The maximum atomic E-state index is 6.55. The van der Waals surface area contributed by atoms with Gasteiger partial charge >= 0.3 is 0 Å². The molecule has 0 spiro atoms. The van der Waals surface area contributed by atoms with Crippen molar-refractivity contribution in [3.8, 4) is 17.2 Å². The molecule has 1 heterocycles. The first-order chi connectivity index (χ1) is 10.2. The molecule has 0 fully saturated rings. The smallest absolute Gasteiger partial charge is 0.162 e. The lowest BCUT2D eigenvalue weighted by Crippen LogP contribution is -2.15. The van der Waals surface area contributed by atoms with Gasteiger partial charge in [-0.15, -0.1) is 11.6 Å². The van der Waals surface area contributed by atoms with Crippen LogP contribution in [0.4, 0.5) is 0 Å². The Kier molecular flexibility index (Phi) is 4.13. The van der Waals surface area contributed by atoms with E-state index in [1.54, 1.807) is 13.2 Å². The van der Waals surface area contributed by atoms with Gasteiger partial charge in [0.25, 0.3) is 0 Å². The maximum Gasteiger partial charge on any atom is 0.162 e. The van der Waals surface area contributed by atoms with E-state index in [4.69, 9.17) is 37.4 Å². The van der Waals surface area contributed by atoms with E-state index in [9.17, 15) is 0 Å². The SMILES string of the molecule is COc1ccc(C(Cl)c2cc3c(cc2Cl)OCCO3)cc1. The second kappa shape index (κ2) is 6.04. The first kappa shape index (κ1) is 14.4. The zero-order chi connectivity index (χ0) is 14.8. The van der Waals surface area contributed by atoms with Crippen LogP contribution in [0.5, 0.6) is 17.2 Å². The molecule has 1 unspecified atom stereocenters. The number of benzene rings is 2. The number of halogens is 2. The fourth-order valence-electron chi connectivity index (χ4n) is 2.23. The Hall–Kier alpha value is -1.58. The van der Waals surface area contributed by atoms with Crippen LogP contribution in [0.1, 0.15) is 16.5 Å². The van der Waals surface area contributed by atoms with Crippen molar-refractivity contribution in [2.75, 3.05) is 20.3 Å². The molecule has 0 saturated heterocycles. The molecule has 1 aliphatic rings. The van der Waals surface area contributed by atoms with Crippen LogP contribution in [0.3, 0.4) is 0 Å². The van der Waals surface area contributed by atoms with Gasteiger partial charge in [-0.2, -0.15) is 0 Å². The summed E-state index contributed by atoms with van der Waals surface area (Å²) >= 11 is 12.9. The van der Waals surface area contributed by atoms with Crippen molar-refractivity contribution in [3.63, 3.8) is 0 Å². The molecule has 1 atom stereocenters. The molecule has 0 bridgehead atoms. The third-order valence-corrected chi connectivity index (χ3v) is 4.16. The van der Waals surface area contributed by atoms with Crippen molar-refractivity contribution in [1.82, 2.24) is 0 Å². The highest BCUT2D eigenvalue weighted by Gasteiger charge is 2.20. The predicted octanol–water partition coefficient (Wildman–Crippen LogP) is 4.45. The van der Waals surface area contributed by atoms with Crippen molar-refractivity contribution in [2.45, 2.75) is 5.38 Å². The molecule has 1 aliphatic heterocycles. The van der Waals surface area contributed by atoms with Crippen molar-refractivity contribution in [1.29, 1.82) is 0 Å². The summed E-state index contributed by atoms with van der Waals surface area (Å²) in [6.45, 7) is 1.06. The molecule has 2 aromatic carbocycles. The van der Waals surface area contributed by atoms with E-state index in [0.29, 0.717) is 29.7 Å². The number of methoxy groups -OCH3 is 1. The molecule has 3 rings (SSSR count). The first-order valence-corrected chi connectivity index (χ1v) is 7.37. The summed E-state index contributed by atoms with van der Waals surface area (Å²) in [5, 5.41) is 0.203. The second-order valence-corrected chi connectivity index (χ2v) is 5.50. The van der Waals surface area contributed by atoms with Crippen LogP contribution in [0.2, 0.25) is 5.02 Å². The van der Waals surface area contributed by atoms with Crippen molar-refractivity contribution in [3.05, 3.63) is 52.5 Å². The standard InChI is InChI=1S/C16H14Cl2O3/c1-19-11-4-2-10(3-5-11)16(18)12-8-14-15(9-13(12)17)21-7-6-20-14/h2-5,8-9,16H,6-7H2,1H3. The zero-order valence-corrected chi connectivity index (χ0v) is 12.9. The molecular formula is C16H14Cl2O3. The molecule has 0 amide bonds. The molecule has 0 aliphatic carbocycles. The molecule has 0 aromatic heterocycles. The number of hydrogen-bond acceptors (Lipinski definition) is 3. The Morgan fingerprint density at radius 3 is 2.29 bits per heavy atom. The van der Waals surface area contributed by atoms with Crippen LogP contribution < -0.4 is 14.2 Å². The van der Waals surface area contributed by atoms with Gasteiger partial charge in [0.05, 0.1) is 12.5 Å². The third-order valence-electron chi connectivity index (χ3n) is 3.34.